The number of nitrogens with two attached hydrogens (primary N) is 1. The number of rotatable bonds is 2. The maximum absolute atomic E-state index is 8.72. The van der Waals surface area contributed by atoms with Gasteiger partial charge in [-0.05, 0) is 39.0 Å². The minimum Gasteiger partial charge on any atom is -0.409 e. The van der Waals surface area contributed by atoms with Crippen LogP contribution in [0.1, 0.15) is 22.6 Å². The van der Waals surface area contributed by atoms with Crippen molar-refractivity contribution in [3.05, 3.63) is 40.8 Å². The summed E-state index contributed by atoms with van der Waals surface area (Å²) in [7, 11) is 0. The van der Waals surface area contributed by atoms with Gasteiger partial charge in [0.2, 0.25) is 0 Å². The van der Waals surface area contributed by atoms with E-state index in [2.05, 4.69) is 15.2 Å². The summed E-state index contributed by atoms with van der Waals surface area (Å²) >= 11 is 0. The minimum atomic E-state index is 0.0586. The van der Waals surface area contributed by atoms with Gasteiger partial charge in [0.15, 0.2) is 11.7 Å². The number of pyridine rings is 1. The van der Waals surface area contributed by atoms with Gasteiger partial charge in [0.1, 0.15) is 0 Å². The monoisotopic (exact) mass is 245 g/mol. The van der Waals surface area contributed by atoms with Gasteiger partial charge >= 0.3 is 0 Å². The molecule has 0 saturated heterocycles. The van der Waals surface area contributed by atoms with Crippen LogP contribution in [-0.2, 0) is 0 Å². The first-order valence-electron chi connectivity index (χ1n) is 5.51. The van der Waals surface area contributed by atoms with Crippen LogP contribution in [0.3, 0.4) is 0 Å². The first-order valence-corrected chi connectivity index (χ1v) is 5.51. The molecule has 6 heteroatoms. The molecule has 2 heterocycles. The van der Waals surface area contributed by atoms with Crippen molar-refractivity contribution in [3.63, 3.8) is 0 Å². The number of oxime groups is 1. The van der Waals surface area contributed by atoms with Crippen molar-refractivity contribution in [2.75, 3.05) is 0 Å². The molecular weight excluding hydrogens is 230 g/mol. The van der Waals surface area contributed by atoms with Crippen LogP contribution in [0.4, 0.5) is 0 Å². The molecule has 0 amide bonds. The topological polar surface area (TPSA) is 89.3 Å². The van der Waals surface area contributed by atoms with Crippen LogP contribution in [0.5, 0.6) is 0 Å². The van der Waals surface area contributed by atoms with E-state index in [1.807, 2.05) is 26.8 Å². The lowest BCUT2D eigenvalue weighted by atomic mass is 10.2. The molecule has 2 aromatic rings. The number of hydrogen-bond donors (Lipinski definition) is 2. The molecule has 0 radical (unpaired) electrons. The van der Waals surface area contributed by atoms with Crippen molar-refractivity contribution in [1.29, 1.82) is 0 Å². The van der Waals surface area contributed by atoms with Gasteiger partial charge in [-0.25, -0.2) is 9.67 Å². The van der Waals surface area contributed by atoms with Gasteiger partial charge in [-0.2, -0.15) is 5.10 Å². The molecule has 0 saturated carbocycles. The number of hydrogen-bond acceptors (Lipinski definition) is 4. The van der Waals surface area contributed by atoms with E-state index < -0.39 is 0 Å². The van der Waals surface area contributed by atoms with E-state index in [0.717, 1.165) is 17.1 Å². The second kappa shape index (κ2) is 4.48. The zero-order valence-electron chi connectivity index (χ0n) is 10.5. The van der Waals surface area contributed by atoms with Crippen LogP contribution in [0, 0.1) is 20.8 Å². The molecule has 0 atom stereocenters. The zero-order chi connectivity index (χ0) is 13.3. The molecule has 0 aromatic carbocycles. The van der Waals surface area contributed by atoms with Gasteiger partial charge in [0.25, 0.3) is 0 Å². The molecule has 0 aliphatic heterocycles. The van der Waals surface area contributed by atoms with Gasteiger partial charge in [-0.15, -0.1) is 0 Å². The van der Waals surface area contributed by atoms with Gasteiger partial charge in [0.05, 0.1) is 5.69 Å². The molecule has 0 aliphatic carbocycles. The zero-order valence-corrected chi connectivity index (χ0v) is 10.5. The Morgan fingerprint density at radius 3 is 2.50 bits per heavy atom. The quantitative estimate of drug-likeness (QED) is 0.361. The second-order valence-electron chi connectivity index (χ2n) is 4.18. The van der Waals surface area contributed by atoms with Crippen molar-refractivity contribution in [2.45, 2.75) is 20.8 Å². The summed E-state index contributed by atoms with van der Waals surface area (Å²) in [6, 6.07) is 5.46. The Balaban J connectivity index is 2.58. The standard InChI is InChI=1S/C12H15N5O/c1-7-5-10(12(13)16-18)6-11(14-7)17-9(3)4-8(2)15-17/h4-6,18H,1-3H3,(H2,13,16). The summed E-state index contributed by atoms with van der Waals surface area (Å²) in [6.45, 7) is 5.72. The smallest absolute Gasteiger partial charge is 0.170 e. The second-order valence-corrected chi connectivity index (χ2v) is 4.18. The van der Waals surface area contributed by atoms with Crippen molar-refractivity contribution >= 4 is 5.84 Å². The van der Waals surface area contributed by atoms with Gasteiger partial charge in [0, 0.05) is 17.0 Å². The molecule has 0 aliphatic rings. The van der Waals surface area contributed by atoms with E-state index in [4.69, 9.17) is 10.9 Å². The number of aromatic nitrogens is 3. The van der Waals surface area contributed by atoms with Crippen LogP contribution in [-0.4, -0.2) is 25.8 Å². The van der Waals surface area contributed by atoms with Crippen LogP contribution >= 0.6 is 0 Å². The molecule has 0 fully saturated rings. The fourth-order valence-electron chi connectivity index (χ4n) is 1.83. The SMILES string of the molecule is Cc1cc(/C(N)=N/O)cc(-n2nc(C)cc2C)n1. The maximum atomic E-state index is 8.72. The predicted octanol–water partition coefficient (Wildman–Crippen LogP) is 1.29. The highest BCUT2D eigenvalue weighted by Gasteiger charge is 2.09. The summed E-state index contributed by atoms with van der Waals surface area (Å²) in [5.74, 6) is 0.713. The third-order valence-electron chi connectivity index (χ3n) is 2.57. The lowest BCUT2D eigenvalue weighted by Crippen LogP contribution is -2.15. The number of nitrogens with zero attached hydrogens (tertiary/aromatic N) is 4. The minimum absolute atomic E-state index is 0.0586. The molecule has 0 unspecified atom stereocenters. The fourth-order valence-corrected chi connectivity index (χ4v) is 1.83. The Labute approximate surface area is 105 Å². The molecule has 18 heavy (non-hydrogen) atoms. The molecule has 0 bridgehead atoms. The summed E-state index contributed by atoms with van der Waals surface area (Å²) < 4.78 is 1.73. The van der Waals surface area contributed by atoms with E-state index in [1.54, 1.807) is 16.8 Å². The summed E-state index contributed by atoms with van der Waals surface area (Å²) in [5.41, 5.74) is 8.89. The van der Waals surface area contributed by atoms with Crippen molar-refractivity contribution in [2.24, 2.45) is 10.9 Å². The highest BCUT2D eigenvalue weighted by molar-refractivity contribution is 5.97. The van der Waals surface area contributed by atoms with E-state index in [0.29, 0.717) is 11.4 Å². The molecule has 0 spiro atoms. The normalized spacial score (nSPS) is 11.8. The Morgan fingerprint density at radius 1 is 1.22 bits per heavy atom. The first kappa shape index (κ1) is 12.1. The summed E-state index contributed by atoms with van der Waals surface area (Å²) in [5, 5.41) is 16.1. The third kappa shape index (κ3) is 2.17. The lowest BCUT2D eigenvalue weighted by Gasteiger charge is -2.07. The van der Waals surface area contributed by atoms with Gasteiger partial charge in [-0.3, -0.25) is 0 Å². The highest BCUT2D eigenvalue weighted by Crippen LogP contribution is 2.13. The van der Waals surface area contributed by atoms with E-state index in [-0.39, 0.29) is 5.84 Å². The Morgan fingerprint density at radius 2 is 1.94 bits per heavy atom. The molecule has 2 aromatic heterocycles. The van der Waals surface area contributed by atoms with Gasteiger partial charge < -0.3 is 10.9 Å². The summed E-state index contributed by atoms with van der Waals surface area (Å²) in [4.78, 5) is 4.40. The highest BCUT2D eigenvalue weighted by atomic mass is 16.4. The fraction of sp³-hybridized carbons (Fsp3) is 0.250. The predicted molar refractivity (Wildman–Crippen MR) is 68.1 cm³/mol. The van der Waals surface area contributed by atoms with E-state index in [1.165, 1.54) is 0 Å². The van der Waals surface area contributed by atoms with E-state index >= 15 is 0 Å². The van der Waals surface area contributed by atoms with Crippen LogP contribution in [0.25, 0.3) is 5.82 Å². The van der Waals surface area contributed by atoms with Crippen LogP contribution in [0.2, 0.25) is 0 Å². The van der Waals surface area contributed by atoms with Gasteiger partial charge in [-0.1, -0.05) is 5.16 Å². The molecule has 94 valence electrons. The van der Waals surface area contributed by atoms with Crippen LogP contribution in [0.15, 0.2) is 23.4 Å². The summed E-state index contributed by atoms with van der Waals surface area (Å²) in [6.07, 6.45) is 0. The first-order chi connectivity index (χ1) is 8.51. The molecule has 2 rings (SSSR count). The molecular formula is C12H15N5O. The largest absolute Gasteiger partial charge is 0.409 e. The number of amidine groups is 1. The molecule has 3 N–H and O–H groups in total. The van der Waals surface area contributed by atoms with Crippen LogP contribution < -0.4 is 5.73 Å². The van der Waals surface area contributed by atoms with Crippen molar-refractivity contribution < 1.29 is 5.21 Å². The lowest BCUT2D eigenvalue weighted by molar-refractivity contribution is 0.318. The maximum Gasteiger partial charge on any atom is 0.170 e. The Kier molecular flexibility index (Phi) is 3.01. The van der Waals surface area contributed by atoms with E-state index in [9.17, 15) is 0 Å². The van der Waals surface area contributed by atoms with Crippen molar-refractivity contribution in [1.82, 2.24) is 14.8 Å². The Bertz CT molecular complexity index is 615. The van der Waals surface area contributed by atoms with Crippen molar-refractivity contribution in [3.8, 4) is 5.82 Å². The molecule has 6 nitrogen and oxygen atoms in total. The Hall–Kier alpha value is -2.37. The third-order valence-corrected chi connectivity index (χ3v) is 2.57. The average Bonchev–Trinajstić information content (AvgIpc) is 2.66. The number of aryl methyl sites for hydroxylation is 3. The average molecular weight is 245 g/mol.